The van der Waals surface area contributed by atoms with Crippen LogP contribution in [0, 0.1) is 11.6 Å². The predicted molar refractivity (Wildman–Crippen MR) is 79.5 cm³/mol. The summed E-state index contributed by atoms with van der Waals surface area (Å²) in [5.41, 5.74) is -0.474. The van der Waals surface area contributed by atoms with Gasteiger partial charge in [0.2, 0.25) is 0 Å². The molecule has 0 heterocycles. The first-order valence-corrected chi connectivity index (χ1v) is 6.80. The third-order valence-corrected chi connectivity index (χ3v) is 3.57. The van der Waals surface area contributed by atoms with Gasteiger partial charge < -0.3 is 10.1 Å². The zero-order chi connectivity index (χ0) is 16.2. The molecule has 0 aromatic heterocycles. The maximum atomic E-state index is 13.9. The molecule has 22 heavy (non-hydrogen) atoms. The van der Waals surface area contributed by atoms with Crippen LogP contribution in [-0.4, -0.2) is 19.6 Å². The zero-order valence-electron chi connectivity index (χ0n) is 12.4. The number of ether oxygens (including phenoxy) is 1. The fraction of sp³-hybridized carbons (Fsp3) is 0.235. The number of amides is 1. The Hall–Kier alpha value is -2.27. The van der Waals surface area contributed by atoms with E-state index in [0.29, 0.717) is 5.56 Å². The average Bonchev–Trinajstić information content (AvgIpc) is 2.52. The molecule has 0 spiro atoms. The number of halogens is 2. The van der Waals surface area contributed by atoms with Gasteiger partial charge in [0, 0.05) is 18.2 Å². The van der Waals surface area contributed by atoms with Crippen LogP contribution < -0.4 is 5.32 Å². The number of benzene rings is 2. The number of carbonyl (C=O) groups is 1. The third kappa shape index (κ3) is 3.49. The van der Waals surface area contributed by atoms with Gasteiger partial charge in [0.1, 0.15) is 17.2 Å². The van der Waals surface area contributed by atoms with Gasteiger partial charge in [-0.15, -0.1) is 0 Å². The van der Waals surface area contributed by atoms with Gasteiger partial charge in [-0.05, 0) is 31.2 Å². The van der Waals surface area contributed by atoms with Gasteiger partial charge in [-0.25, -0.2) is 8.78 Å². The van der Waals surface area contributed by atoms with Crippen LogP contribution >= 0.6 is 0 Å². The minimum atomic E-state index is -1.02. The molecule has 0 saturated carbocycles. The van der Waals surface area contributed by atoms with Crippen LogP contribution in [0.4, 0.5) is 8.78 Å². The molecule has 116 valence electrons. The predicted octanol–water partition coefficient (Wildman–Crippen LogP) is 3.26. The molecule has 0 bridgehead atoms. The second kappa shape index (κ2) is 6.66. The molecule has 0 aliphatic rings. The first-order valence-electron chi connectivity index (χ1n) is 6.80. The van der Waals surface area contributed by atoms with Gasteiger partial charge in [0.25, 0.3) is 5.91 Å². The third-order valence-electron chi connectivity index (χ3n) is 3.57. The van der Waals surface area contributed by atoms with E-state index in [9.17, 15) is 13.6 Å². The minimum Gasteiger partial charge on any atom is -0.372 e. The Bertz CT molecular complexity index is 675. The molecule has 2 rings (SSSR count). The van der Waals surface area contributed by atoms with E-state index in [2.05, 4.69) is 5.32 Å². The SMILES string of the molecule is COC(C)(CNC(=O)c1cccc(F)c1)c1ccccc1F. The van der Waals surface area contributed by atoms with Crippen molar-refractivity contribution in [2.75, 3.05) is 13.7 Å². The van der Waals surface area contributed by atoms with Crippen LogP contribution in [0.5, 0.6) is 0 Å². The smallest absolute Gasteiger partial charge is 0.251 e. The lowest BCUT2D eigenvalue weighted by Crippen LogP contribution is -2.40. The van der Waals surface area contributed by atoms with Gasteiger partial charge in [0.05, 0.1) is 6.54 Å². The summed E-state index contributed by atoms with van der Waals surface area (Å²) in [4.78, 5) is 12.0. The summed E-state index contributed by atoms with van der Waals surface area (Å²) in [5, 5.41) is 2.65. The molecule has 0 aliphatic heterocycles. The molecule has 1 amide bonds. The van der Waals surface area contributed by atoms with Crippen molar-refractivity contribution in [2.45, 2.75) is 12.5 Å². The lowest BCUT2D eigenvalue weighted by atomic mass is 9.95. The number of hydrogen-bond acceptors (Lipinski definition) is 2. The van der Waals surface area contributed by atoms with Gasteiger partial charge in [-0.2, -0.15) is 0 Å². The monoisotopic (exact) mass is 305 g/mol. The van der Waals surface area contributed by atoms with E-state index in [1.807, 2.05) is 0 Å². The highest BCUT2D eigenvalue weighted by Crippen LogP contribution is 2.26. The Morgan fingerprint density at radius 1 is 1.18 bits per heavy atom. The lowest BCUT2D eigenvalue weighted by Gasteiger charge is -2.29. The van der Waals surface area contributed by atoms with Crippen LogP contribution in [0.2, 0.25) is 0 Å². The van der Waals surface area contributed by atoms with E-state index in [-0.39, 0.29) is 12.1 Å². The number of carbonyl (C=O) groups excluding carboxylic acids is 1. The molecule has 1 atom stereocenters. The molecule has 1 unspecified atom stereocenters. The summed E-state index contributed by atoms with van der Waals surface area (Å²) in [6.45, 7) is 1.73. The normalized spacial score (nSPS) is 13.5. The second-order valence-corrected chi connectivity index (χ2v) is 5.11. The highest BCUT2D eigenvalue weighted by Gasteiger charge is 2.29. The molecule has 3 nitrogen and oxygen atoms in total. The summed E-state index contributed by atoms with van der Waals surface area (Å²) in [5.74, 6) is -1.35. The number of rotatable bonds is 5. The standard InChI is InChI=1S/C17H17F2NO2/c1-17(22-2,14-8-3-4-9-15(14)19)11-20-16(21)12-6-5-7-13(18)10-12/h3-10H,11H2,1-2H3,(H,20,21). The van der Waals surface area contributed by atoms with Crippen molar-refractivity contribution in [2.24, 2.45) is 0 Å². The molecule has 0 radical (unpaired) electrons. The summed E-state index contributed by atoms with van der Waals surface area (Å²) in [6.07, 6.45) is 0. The number of hydrogen-bond donors (Lipinski definition) is 1. The van der Waals surface area contributed by atoms with Crippen molar-refractivity contribution in [3.8, 4) is 0 Å². The van der Waals surface area contributed by atoms with Crippen LogP contribution in [-0.2, 0) is 10.3 Å². The van der Waals surface area contributed by atoms with E-state index >= 15 is 0 Å². The Morgan fingerprint density at radius 3 is 2.55 bits per heavy atom. The van der Waals surface area contributed by atoms with E-state index in [1.165, 1.54) is 31.4 Å². The molecule has 0 saturated heterocycles. The van der Waals surface area contributed by atoms with Gasteiger partial charge in [0.15, 0.2) is 0 Å². The minimum absolute atomic E-state index is 0.0553. The lowest BCUT2D eigenvalue weighted by molar-refractivity contribution is 0.000387. The van der Waals surface area contributed by atoms with Gasteiger partial charge in [-0.3, -0.25) is 4.79 Å². The summed E-state index contributed by atoms with van der Waals surface area (Å²) in [6, 6.07) is 11.6. The van der Waals surface area contributed by atoms with Crippen molar-refractivity contribution in [3.63, 3.8) is 0 Å². The van der Waals surface area contributed by atoms with E-state index in [0.717, 1.165) is 6.07 Å². The van der Waals surface area contributed by atoms with E-state index in [1.54, 1.807) is 25.1 Å². The molecular weight excluding hydrogens is 288 g/mol. The Labute approximate surface area is 127 Å². The average molecular weight is 305 g/mol. The molecular formula is C17H17F2NO2. The quantitative estimate of drug-likeness (QED) is 0.921. The Morgan fingerprint density at radius 2 is 1.91 bits per heavy atom. The molecule has 2 aromatic carbocycles. The van der Waals surface area contributed by atoms with Crippen LogP contribution in [0.15, 0.2) is 48.5 Å². The van der Waals surface area contributed by atoms with Crippen molar-refractivity contribution >= 4 is 5.91 Å². The van der Waals surface area contributed by atoms with Gasteiger partial charge in [-0.1, -0.05) is 24.3 Å². The van der Waals surface area contributed by atoms with E-state index in [4.69, 9.17) is 4.74 Å². The van der Waals surface area contributed by atoms with Crippen molar-refractivity contribution in [3.05, 3.63) is 71.3 Å². The molecule has 2 aromatic rings. The van der Waals surface area contributed by atoms with Crippen molar-refractivity contribution in [1.29, 1.82) is 0 Å². The summed E-state index contributed by atoms with van der Waals surface area (Å²) in [7, 11) is 1.45. The summed E-state index contributed by atoms with van der Waals surface area (Å²) >= 11 is 0. The topological polar surface area (TPSA) is 38.3 Å². The Balaban J connectivity index is 2.14. The molecule has 5 heteroatoms. The van der Waals surface area contributed by atoms with Crippen molar-refractivity contribution in [1.82, 2.24) is 5.32 Å². The zero-order valence-corrected chi connectivity index (χ0v) is 12.4. The fourth-order valence-corrected chi connectivity index (χ4v) is 2.15. The van der Waals surface area contributed by atoms with Gasteiger partial charge >= 0.3 is 0 Å². The number of methoxy groups -OCH3 is 1. The highest BCUT2D eigenvalue weighted by molar-refractivity contribution is 5.94. The van der Waals surface area contributed by atoms with Crippen LogP contribution in [0.25, 0.3) is 0 Å². The maximum absolute atomic E-state index is 13.9. The summed E-state index contributed by atoms with van der Waals surface area (Å²) < 4.78 is 32.4. The van der Waals surface area contributed by atoms with E-state index < -0.39 is 23.1 Å². The fourth-order valence-electron chi connectivity index (χ4n) is 2.15. The molecule has 0 fully saturated rings. The van der Waals surface area contributed by atoms with Crippen molar-refractivity contribution < 1.29 is 18.3 Å². The Kier molecular flexibility index (Phi) is 4.88. The highest BCUT2D eigenvalue weighted by atomic mass is 19.1. The first-order chi connectivity index (χ1) is 10.5. The second-order valence-electron chi connectivity index (χ2n) is 5.11. The largest absolute Gasteiger partial charge is 0.372 e. The maximum Gasteiger partial charge on any atom is 0.251 e. The molecule has 1 N–H and O–H groups in total. The molecule has 0 aliphatic carbocycles. The van der Waals surface area contributed by atoms with Crippen LogP contribution in [0.3, 0.4) is 0 Å². The first kappa shape index (κ1) is 16.1. The van der Waals surface area contributed by atoms with Crippen LogP contribution in [0.1, 0.15) is 22.8 Å². The number of nitrogens with one attached hydrogen (secondary N) is 1.